The molecule has 0 heterocycles. The zero-order valence-electron chi connectivity index (χ0n) is 12.2. The second-order valence-electron chi connectivity index (χ2n) is 5.03. The van der Waals surface area contributed by atoms with Gasteiger partial charge < -0.3 is 15.7 Å². The summed E-state index contributed by atoms with van der Waals surface area (Å²) < 4.78 is 0. The van der Waals surface area contributed by atoms with Gasteiger partial charge in [-0.1, -0.05) is 17.7 Å². The van der Waals surface area contributed by atoms with Crippen molar-refractivity contribution in [2.45, 2.75) is 19.4 Å². The molecule has 5 nitrogen and oxygen atoms in total. The lowest BCUT2D eigenvalue weighted by Crippen LogP contribution is -2.45. The number of carbonyl (C=O) groups excluding carboxylic acids is 2. The summed E-state index contributed by atoms with van der Waals surface area (Å²) in [5.74, 6) is -1.13. The van der Waals surface area contributed by atoms with Gasteiger partial charge in [0.15, 0.2) is 0 Å². The molecule has 0 saturated heterocycles. The van der Waals surface area contributed by atoms with Gasteiger partial charge in [0.05, 0.1) is 5.60 Å². The van der Waals surface area contributed by atoms with Crippen LogP contribution in [0, 0.1) is 6.92 Å². The number of thioether (sulfide) groups is 1. The third-order valence-corrected chi connectivity index (χ3v) is 3.88. The Morgan fingerprint density at radius 1 is 1.38 bits per heavy atom. The van der Waals surface area contributed by atoms with Gasteiger partial charge in [0.2, 0.25) is 0 Å². The maximum Gasteiger partial charge on any atom is 0.313 e. The Morgan fingerprint density at radius 2 is 2.05 bits per heavy atom. The van der Waals surface area contributed by atoms with E-state index in [0.29, 0.717) is 16.5 Å². The Bertz CT molecular complexity index is 535. The van der Waals surface area contributed by atoms with Crippen LogP contribution in [0.2, 0.25) is 5.02 Å². The number of benzene rings is 1. The Balaban J connectivity index is 2.59. The van der Waals surface area contributed by atoms with E-state index >= 15 is 0 Å². The second kappa shape index (κ2) is 7.68. The zero-order chi connectivity index (χ0) is 16.0. The lowest BCUT2D eigenvalue weighted by Gasteiger charge is -2.22. The third kappa shape index (κ3) is 5.95. The fourth-order valence-corrected chi connectivity index (χ4v) is 2.52. The van der Waals surface area contributed by atoms with Gasteiger partial charge in [0.25, 0.3) is 0 Å². The number of amides is 2. The summed E-state index contributed by atoms with van der Waals surface area (Å²) in [6, 6.07) is 5.03. The van der Waals surface area contributed by atoms with Crippen LogP contribution >= 0.6 is 23.4 Å². The molecule has 1 unspecified atom stereocenters. The van der Waals surface area contributed by atoms with Crippen LogP contribution in [0.1, 0.15) is 12.5 Å². The molecule has 0 fully saturated rings. The van der Waals surface area contributed by atoms with Crippen molar-refractivity contribution in [1.29, 1.82) is 0 Å². The van der Waals surface area contributed by atoms with Gasteiger partial charge in [-0.3, -0.25) is 9.59 Å². The first-order chi connectivity index (χ1) is 9.75. The molecule has 21 heavy (non-hydrogen) atoms. The van der Waals surface area contributed by atoms with Crippen molar-refractivity contribution in [2.75, 3.05) is 23.9 Å². The summed E-state index contributed by atoms with van der Waals surface area (Å²) in [6.07, 6.45) is 1.85. The van der Waals surface area contributed by atoms with Crippen LogP contribution < -0.4 is 10.6 Å². The Hall–Kier alpha value is -1.24. The van der Waals surface area contributed by atoms with Crippen molar-refractivity contribution in [3.05, 3.63) is 28.8 Å². The molecule has 116 valence electrons. The van der Waals surface area contributed by atoms with Crippen LogP contribution in [-0.2, 0) is 9.59 Å². The molecule has 3 N–H and O–H groups in total. The number of aryl methyl sites for hydroxylation is 1. The third-order valence-electron chi connectivity index (χ3n) is 2.74. The minimum absolute atomic E-state index is 0.00855. The monoisotopic (exact) mass is 330 g/mol. The standard InChI is InChI=1S/C14H19ClN2O3S/c1-9-4-5-10(15)6-11(9)17-13(19)12(18)16-7-14(2,20)8-21-3/h4-6,20H,7-8H2,1-3H3,(H,16,18)(H,17,19). The molecule has 1 rings (SSSR count). The van der Waals surface area contributed by atoms with Crippen LogP contribution in [0.4, 0.5) is 5.69 Å². The molecule has 0 aliphatic carbocycles. The predicted molar refractivity (Wildman–Crippen MR) is 86.8 cm³/mol. The SMILES string of the molecule is CSCC(C)(O)CNC(=O)C(=O)Nc1cc(Cl)ccc1C. The lowest BCUT2D eigenvalue weighted by molar-refractivity contribution is -0.136. The Kier molecular flexibility index (Phi) is 6.51. The highest BCUT2D eigenvalue weighted by Crippen LogP contribution is 2.20. The van der Waals surface area contributed by atoms with Crippen molar-refractivity contribution in [2.24, 2.45) is 0 Å². The van der Waals surface area contributed by atoms with E-state index in [1.807, 2.05) is 6.26 Å². The number of carbonyl (C=O) groups is 2. The Morgan fingerprint density at radius 3 is 2.67 bits per heavy atom. The van der Waals surface area contributed by atoms with Gasteiger partial charge in [-0.05, 0) is 37.8 Å². The molecule has 0 aromatic heterocycles. The molecular formula is C14H19ClN2O3S. The molecule has 0 radical (unpaired) electrons. The molecule has 1 aromatic rings. The quantitative estimate of drug-likeness (QED) is 0.720. The minimum atomic E-state index is -1.05. The smallest absolute Gasteiger partial charge is 0.313 e. The maximum absolute atomic E-state index is 11.8. The highest BCUT2D eigenvalue weighted by molar-refractivity contribution is 7.98. The van der Waals surface area contributed by atoms with Crippen LogP contribution in [0.5, 0.6) is 0 Å². The van der Waals surface area contributed by atoms with Crippen LogP contribution in [0.25, 0.3) is 0 Å². The molecule has 0 spiro atoms. The lowest BCUT2D eigenvalue weighted by atomic mass is 10.1. The van der Waals surface area contributed by atoms with Crippen molar-refractivity contribution in [1.82, 2.24) is 5.32 Å². The fourth-order valence-electron chi connectivity index (χ4n) is 1.62. The topological polar surface area (TPSA) is 78.4 Å². The van der Waals surface area contributed by atoms with Crippen LogP contribution in [-0.4, -0.2) is 41.1 Å². The molecule has 2 amide bonds. The number of aliphatic hydroxyl groups is 1. The summed E-state index contributed by atoms with van der Waals surface area (Å²) in [4.78, 5) is 23.5. The van der Waals surface area contributed by atoms with Crippen molar-refractivity contribution < 1.29 is 14.7 Å². The van der Waals surface area contributed by atoms with Crippen molar-refractivity contribution in [3.63, 3.8) is 0 Å². The summed E-state index contributed by atoms with van der Waals surface area (Å²) in [5.41, 5.74) is 0.231. The van der Waals surface area contributed by atoms with E-state index in [4.69, 9.17) is 11.6 Å². The molecule has 0 aliphatic rings. The van der Waals surface area contributed by atoms with Crippen molar-refractivity contribution in [3.8, 4) is 0 Å². The average Bonchev–Trinajstić information content (AvgIpc) is 2.40. The maximum atomic E-state index is 11.8. The predicted octanol–water partition coefficient (Wildman–Crippen LogP) is 1.82. The fraction of sp³-hybridized carbons (Fsp3) is 0.429. The number of halogens is 1. The number of anilines is 1. The minimum Gasteiger partial charge on any atom is -0.387 e. The van der Waals surface area contributed by atoms with Crippen molar-refractivity contribution >= 4 is 40.9 Å². The Labute approximate surface area is 133 Å². The molecule has 1 aromatic carbocycles. The van der Waals surface area contributed by atoms with Crippen LogP contribution in [0.15, 0.2) is 18.2 Å². The normalized spacial score (nSPS) is 13.4. The first-order valence-corrected chi connectivity index (χ1v) is 8.09. The molecule has 0 aliphatic heterocycles. The molecule has 1 atom stereocenters. The summed E-state index contributed by atoms with van der Waals surface area (Å²) in [5, 5.41) is 15.3. The van der Waals surface area contributed by atoms with E-state index in [9.17, 15) is 14.7 Å². The number of rotatable bonds is 5. The summed E-state index contributed by atoms with van der Waals surface area (Å²) >= 11 is 7.31. The van der Waals surface area contributed by atoms with E-state index in [0.717, 1.165) is 5.56 Å². The van der Waals surface area contributed by atoms with E-state index in [1.54, 1.807) is 32.0 Å². The van der Waals surface area contributed by atoms with Gasteiger partial charge >= 0.3 is 11.8 Å². The highest BCUT2D eigenvalue weighted by atomic mass is 35.5. The first-order valence-electron chi connectivity index (χ1n) is 6.32. The van der Waals surface area contributed by atoms with Gasteiger partial charge in [-0.15, -0.1) is 0 Å². The van der Waals surface area contributed by atoms with E-state index in [-0.39, 0.29) is 6.54 Å². The average molecular weight is 331 g/mol. The van der Waals surface area contributed by atoms with Gasteiger partial charge in [0.1, 0.15) is 0 Å². The highest BCUT2D eigenvalue weighted by Gasteiger charge is 2.23. The number of hydrogen-bond acceptors (Lipinski definition) is 4. The largest absolute Gasteiger partial charge is 0.387 e. The van der Waals surface area contributed by atoms with Gasteiger partial charge in [0, 0.05) is 23.0 Å². The number of hydrogen-bond donors (Lipinski definition) is 3. The summed E-state index contributed by atoms with van der Waals surface area (Å²) in [7, 11) is 0. The van der Waals surface area contributed by atoms with E-state index in [2.05, 4.69) is 10.6 Å². The number of nitrogens with one attached hydrogen (secondary N) is 2. The van der Waals surface area contributed by atoms with E-state index < -0.39 is 17.4 Å². The van der Waals surface area contributed by atoms with Gasteiger partial charge in [-0.25, -0.2) is 0 Å². The van der Waals surface area contributed by atoms with E-state index in [1.165, 1.54) is 11.8 Å². The second-order valence-corrected chi connectivity index (χ2v) is 6.33. The molecular weight excluding hydrogens is 312 g/mol. The van der Waals surface area contributed by atoms with Crippen LogP contribution in [0.3, 0.4) is 0 Å². The van der Waals surface area contributed by atoms with Gasteiger partial charge in [-0.2, -0.15) is 11.8 Å². The summed E-state index contributed by atoms with van der Waals surface area (Å²) in [6.45, 7) is 3.41. The first kappa shape index (κ1) is 17.8. The molecule has 0 saturated carbocycles. The zero-order valence-corrected chi connectivity index (χ0v) is 13.8. The molecule has 7 heteroatoms. The molecule has 0 bridgehead atoms.